The highest BCUT2D eigenvalue weighted by molar-refractivity contribution is 7.99. The minimum absolute atomic E-state index is 0.0652. The van der Waals surface area contributed by atoms with E-state index in [9.17, 15) is 9.59 Å². The third kappa shape index (κ3) is 3.04. The molecule has 0 aromatic carbocycles. The van der Waals surface area contributed by atoms with Gasteiger partial charge in [-0.05, 0) is 26.8 Å². The van der Waals surface area contributed by atoms with E-state index in [1.54, 1.807) is 7.05 Å². The molecular weight excluding hydrogens is 276 g/mol. The maximum absolute atomic E-state index is 12.2. The van der Waals surface area contributed by atoms with Crippen LogP contribution in [-0.4, -0.2) is 32.2 Å². The Kier molecular flexibility index (Phi) is 4.17. The number of aromatic amines is 1. The number of hydrogen-bond acceptors (Lipinski definition) is 4. The second kappa shape index (κ2) is 5.70. The monoisotopic (exact) mass is 294 g/mol. The van der Waals surface area contributed by atoms with E-state index in [1.165, 1.54) is 16.3 Å². The summed E-state index contributed by atoms with van der Waals surface area (Å²) in [6, 6.07) is 1.93. The van der Waals surface area contributed by atoms with Gasteiger partial charge in [0.2, 0.25) is 5.91 Å². The van der Waals surface area contributed by atoms with Crippen LogP contribution in [0.15, 0.2) is 16.0 Å². The minimum Gasteiger partial charge on any atom is -0.353 e. The SMILES string of the molecule is Cc1cc2nc(SCC(=O)NC(C)C)n(C)c(=O)c2[nH]1. The fourth-order valence-corrected chi connectivity index (χ4v) is 2.66. The molecule has 20 heavy (non-hydrogen) atoms. The lowest BCUT2D eigenvalue weighted by Gasteiger charge is -2.09. The summed E-state index contributed by atoms with van der Waals surface area (Å²) < 4.78 is 1.46. The Labute approximate surface area is 121 Å². The molecule has 0 saturated carbocycles. The maximum atomic E-state index is 12.2. The number of aromatic nitrogens is 3. The van der Waals surface area contributed by atoms with Crippen molar-refractivity contribution in [2.75, 3.05) is 5.75 Å². The molecule has 0 saturated heterocycles. The number of carbonyl (C=O) groups is 1. The van der Waals surface area contributed by atoms with E-state index in [1.807, 2.05) is 26.8 Å². The fraction of sp³-hybridized carbons (Fsp3) is 0.462. The second-order valence-electron chi connectivity index (χ2n) is 4.98. The van der Waals surface area contributed by atoms with Crippen LogP contribution in [0.25, 0.3) is 11.0 Å². The van der Waals surface area contributed by atoms with Crippen molar-refractivity contribution in [2.24, 2.45) is 7.05 Å². The van der Waals surface area contributed by atoms with Crippen LogP contribution >= 0.6 is 11.8 Å². The summed E-state index contributed by atoms with van der Waals surface area (Å²) in [6.07, 6.45) is 0. The molecule has 1 amide bonds. The maximum Gasteiger partial charge on any atom is 0.278 e. The third-order valence-corrected chi connectivity index (χ3v) is 3.76. The van der Waals surface area contributed by atoms with Gasteiger partial charge in [-0.15, -0.1) is 0 Å². The summed E-state index contributed by atoms with van der Waals surface area (Å²) in [7, 11) is 1.66. The Balaban J connectivity index is 2.24. The molecule has 2 aromatic heterocycles. The molecular formula is C13H18N4O2S. The lowest BCUT2D eigenvalue weighted by atomic mass is 10.4. The Morgan fingerprint density at radius 3 is 2.90 bits per heavy atom. The highest BCUT2D eigenvalue weighted by atomic mass is 32.2. The lowest BCUT2D eigenvalue weighted by Crippen LogP contribution is -2.31. The number of nitrogens with one attached hydrogen (secondary N) is 2. The summed E-state index contributed by atoms with van der Waals surface area (Å²) in [6.45, 7) is 5.69. The van der Waals surface area contributed by atoms with E-state index < -0.39 is 0 Å². The van der Waals surface area contributed by atoms with Gasteiger partial charge < -0.3 is 10.3 Å². The van der Waals surface area contributed by atoms with Gasteiger partial charge in [-0.25, -0.2) is 4.98 Å². The summed E-state index contributed by atoms with van der Waals surface area (Å²) >= 11 is 1.26. The molecule has 7 heteroatoms. The van der Waals surface area contributed by atoms with Crippen molar-refractivity contribution in [3.05, 3.63) is 22.1 Å². The van der Waals surface area contributed by atoms with Gasteiger partial charge in [0.15, 0.2) is 5.16 Å². The summed E-state index contributed by atoms with van der Waals surface area (Å²) in [5, 5.41) is 3.35. The summed E-state index contributed by atoms with van der Waals surface area (Å²) in [5.41, 5.74) is 1.90. The predicted octanol–water partition coefficient (Wildman–Crippen LogP) is 1.19. The zero-order valence-corrected chi connectivity index (χ0v) is 12.8. The first-order valence-electron chi connectivity index (χ1n) is 6.37. The van der Waals surface area contributed by atoms with Gasteiger partial charge in [-0.2, -0.15) is 0 Å². The van der Waals surface area contributed by atoms with Crippen LogP contribution in [0, 0.1) is 6.92 Å². The molecule has 108 valence electrons. The number of nitrogens with zero attached hydrogens (tertiary/aromatic N) is 2. The fourth-order valence-electron chi connectivity index (χ4n) is 1.88. The van der Waals surface area contributed by atoms with Crippen LogP contribution in [0.1, 0.15) is 19.5 Å². The molecule has 2 N–H and O–H groups in total. The van der Waals surface area contributed by atoms with Crippen molar-refractivity contribution in [3.8, 4) is 0 Å². The number of thioether (sulfide) groups is 1. The molecule has 0 aliphatic rings. The Morgan fingerprint density at radius 2 is 2.25 bits per heavy atom. The first-order chi connectivity index (χ1) is 9.38. The third-order valence-electron chi connectivity index (χ3n) is 2.74. The molecule has 0 fully saturated rings. The molecule has 2 aromatic rings. The average molecular weight is 294 g/mol. The molecule has 2 rings (SSSR count). The minimum atomic E-state index is -0.130. The first-order valence-corrected chi connectivity index (χ1v) is 7.35. The van der Waals surface area contributed by atoms with E-state index in [0.29, 0.717) is 16.2 Å². The van der Waals surface area contributed by atoms with Gasteiger partial charge in [-0.3, -0.25) is 14.2 Å². The van der Waals surface area contributed by atoms with Crippen LogP contribution < -0.4 is 10.9 Å². The standard InChI is InChI=1S/C13H18N4O2S/c1-7(2)14-10(18)6-20-13-16-9-5-8(3)15-11(9)12(19)17(13)4/h5,7,15H,6H2,1-4H3,(H,14,18). The van der Waals surface area contributed by atoms with Gasteiger partial charge in [-0.1, -0.05) is 11.8 Å². The molecule has 6 nitrogen and oxygen atoms in total. The Hall–Kier alpha value is -1.76. The number of hydrogen-bond donors (Lipinski definition) is 2. The lowest BCUT2D eigenvalue weighted by molar-refractivity contribution is -0.119. The highest BCUT2D eigenvalue weighted by Gasteiger charge is 2.12. The second-order valence-corrected chi connectivity index (χ2v) is 5.92. The van der Waals surface area contributed by atoms with Gasteiger partial charge in [0, 0.05) is 18.8 Å². The van der Waals surface area contributed by atoms with Crippen molar-refractivity contribution < 1.29 is 4.79 Å². The molecule has 0 radical (unpaired) electrons. The molecule has 0 aliphatic heterocycles. The van der Waals surface area contributed by atoms with Crippen molar-refractivity contribution in [2.45, 2.75) is 32.0 Å². The quantitative estimate of drug-likeness (QED) is 0.655. The van der Waals surface area contributed by atoms with E-state index in [4.69, 9.17) is 0 Å². The van der Waals surface area contributed by atoms with Gasteiger partial charge in [0.1, 0.15) is 5.52 Å². The van der Waals surface area contributed by atoms with Crippen molar-refractivity contribution in [1.29, 1.82) is 0 Å². The van der Waals surface area contributed by atoms with Crippen molar-refractivity contribution in [1.82, 2.24) is 19.9 Å². The average Bonchev–Trinajstić information content (AvgIpc) is 2.72. The molecule has 0 atom stereocenters. The molecule has 0 aliphatic carbocycles. The number of fused-ring (bicyclic) bond motifs is 1. The number of carbonyl (C=O) groups excluding carboxylic acids is 1. The van der Waals surface area contributed by atoms with Crippen LogP contribution in [0.5, 0.6) is 0 Å². The summed E-state index contributed by atoms with van der Waals surface area (Å²) in [4.78, 5) is 31.2. The van der Waals surface area contributed by atoms with E-state index >= 15 is 0 Å². The molecule has 2 heterocycles. The van der Waals surface area contributed by atoms with Gasteiger partial charge in [0.25, 0.3) is 5.56 Å². The van der Waals surface area contributed by atoms with Crippen LogP contribution in [0.2, 0.25) is 0 Å². The highest BCUT2D eigenvalue weighted by Crippen LogP contribution is 2.17. The number of H-pyrrole nitrogens is 1. The largest absolute Gasteiger partial charge is 0.353 e. The van der Waals surface area contributed by atoms with Crippen LogP contribution in [-0.2, 0) is 11.8 Å². The zero-order valence-electron chi connectivity index (χ0n) is 12.0. The normalized spacial score (nSPS) is 11.2. The smallest absolute Gasteiger partial charge is 0.278 e. The van der Waals surface area contributed by atoms with Gasteiger partial charge in [0.05, 0.1) is 11.3 Å². The van der Waals surface area contributed by atoms with E-state index in [2.05, 4.69) is 15.3 Å². The predicted molar refractivity (Wildman–Crippen MR) is 80.1 cm³/mol. The van der Waals surface area contributed by atoms with E-state index in [0.717, 1.165) is 5.69 Å². The topological polar surface area (TPSA) is 79.8 Å². The number of aryl methyl sites for hydroxylation is 1. The van der Waals surface area contributed by atoms with Gasteiger partial charge >= 0.3 is 0 Å². The Morgan fingerprint density at radius 1 is 1.55 bits per heavy atom. The van der Waals surface area contributed by atoms with Crippen molar-refractivity contribution >= 4 is 28.7 Å². The zero-order chi connectivity index (χ0) is 14.9. The summed E-state index contributed by atoms with van der Waals surface area (Å²) in [5.74, 6) is 0.178. The Bertz CT molecular complexity index is 702. The van der Waals surface area contributed by atoms with Crippen LogP contribution in [0.4, 0.5) is 0 Å². The number of rotatable bonds is 4. The van der Waals surface area contributed by atoms with Crippen LogP contribution in [0.3, 0.4) is 0 Å². The molecule has 0 unspecified atom stereocenters. The molecule has 0 bridgehead atoms. The van der Waals surface area contributed by atoms with Crippen molar-refractivity contribution in [3.63, 3.8) is 0 Å². The number of amides is 1. The molecule has 0 spiro atoms. The first kappa shape index (κ1) is 14.6. The van der Waals surface area contributed by atoms with E-state index in [-0.39, 0.29) is 23.3 Å².